The van der Waals surface area contributed by atoms with E-state index in [1.165, 1.54) is 9.13 Å². The Hall–Kier alpha value is -5.64. The van der Waals surface area contributed by atoms with E-state index in [0.717, 1.165) is 34.4 Å². The van der Waals surface area contributed by atoms with Crippen molar-refractivity contribution in [1.29, 1.82) is 0 Å². The number of halogens is 8. The summed E-state index contributed by atoms with van der Waals surface area (Å²) in [5.41, 5.74) is 0.0762. The van der Waals surface area contributed by atoms with E-state index >= 15 is 22.0 Å². The fraction of sp³-hybridized carbons (Fsp3) is 0.122. The standard InChI is InChI=1S/C41H26F8N2/c1-19-5-9-24-25-10-6-20(2)14-29(25)50(28(24)13-19)32-17-23(34-36(42)38(44)40(46)39(45)37(34)43)18-33(35(32)41(47,48)49)51-30-15-21(3)7-11-26(30)27-12-8-22(4)16-31(27)51/h5-18H,1-4H3. The first-order valence-electron chi connectivity index (χ1n) is 16.0. The van der Waals surface area contributed by atoms with Gasteiger partial charge in [-0.1, -0.05) is 48.5 Å². The molecule has 2 heterocycles. The van der Waals surface area contributed by atoms with Crippen LogP contribution in [0.3, 0.4) is 0 Å². The van der Waals surface area contributed by atoms with Gasteiger partial charge in [0.15, 0.2) is 23.3 Å². The van der Waals surface area contributed by atoms with Crippen molar-refractivity contribution in [3.8, 4) is 22.5 Å². The minimum absolute atomic E-state index is 0.357. The summed E-state index contributed by atoms with van der Waals surface area (Å²) in [6.45, 7) is 7.10. The molecule has 0 aliphatic rings. The first-order chi connectivity index (χ1) is 24.1. The molecule has 0 atom stereocenters. The van der Waals surface area contributed by atoms with Crippen molar-refractivity contribution in [2.45, 2.75) is 33.9 Å². The number of hydrogen-bond acceptors (Lipinski definition) is 0. The summed E-state index contributed by atoms with van der Waals surface area (Å²) < 4.78 is 126. The van der Waals surface area contributed by atoms with Crippen molar-refractivity contribution >= 4 is 43.6 Å². The molecule has 10 heteroatoms. The van der Waals surface area contributed by atoms with Crippen LogP contribution >= 0.6 is 0 Å². The normalized spacial score (nSPS) is 12.3. The second kappa shape index (κ2) is 11.2. The minimum atomic E-state index is -5.09. The van der Waals surface area contributed by atoms with Gasteiger partial charge < -0.3 is 9.13 Å². The third-order valence-electron chi connectivity index (χ3n) is 9.52. The van der Waals surface area contributed by atoms with E-state index in [0.29, 0.717) is 43.6 Å². The first kappa shape index (κ1) is 32.6. The smallest absolute Gasteiger partial charge is 0.309 e. The average Bonchev–Trinajstić information content (AvgIpc) is 3.55. The summed E-state index contributed by atoms with van der Waals surface area (Å²) in [6.07, 6.45) is -5.09. The Morgan fingerprint density at radius 3 is 1.00 bits per heavy atom. The van der Waals surface area contributed by atoms with Crippen molar-refractivity contribution < 1.29 is 35.1 Å². The molecule has 0 radical (unpaired) electrons. The summed E-state index contributed by atoms with van der Waals surface area (Å²) in [5.74, 6) is -11.1. The van der Waals surface area contributed by atoms with E-state index in [-0.39, 0.29) is 0 Å². The lowest BCUT2D eigenvalue weighted by Crippen LogP contribution is -2.16. The molecule has 0 unspecified atom stereocenters. The van der Waals surface area contributed by atoms with Crippen molar-refractivity contribution in [1.82, 2.24) is 9.13 Å². The van der Waals surface area contributed by atoms with E-state index in [1.54, 1.807) is 76.2 Å². The number of nitrogens with zero attached hydrogens (tertiary/aromatic N) is 2. The average molecular weight is 699 g/mol. The molecule has 51 heavy (non-hydrogen) atoms. The Balaban J connectivity index is 1.66. The molecule has 0 aliphatic carbocycles. The highest BCUT2D eigenvalue weighted by atomic mass is 19.4. The molecule has 6 aromatic carbocycles. The lowest BCUT2D eigenvalue weighted by atomic mass is 9.97. The molecular weight excluding hydrogens is 672 g/mol. The molecule has 8 aromatic rings. The molecule has 8 rings (SSSR count). The molecule has 0 bridgehead atoms. The zero-order chi connectivity index (χ0) is 36.3. The quantitative estimate of drug-likeness (QED) is 0.0988. The van der Waals surface area contributed by atoms with Crippen LogP contribution in [-0.2, 0) is 6.18 Å². The van der Waals surface area contributed by atoms with Crippen LogP contribution in [0.25, 0.3) is 66.1 Å². The zero-order valence-corrected chi connectivity index (χ0v) is 27.5. The van der Waals surface area contributed by atoms with Crippen LogP contribution in [0.2, 0.25) is 0 Å². The number of aryl methyl sites for hydroxylation is 4. The van der Waals surface area contributed by atoms with E-state index < -0.39 is 63.3 Å². The molecule has 0 saturated heterocycles. The summed E-state index contributed by atoms with van der Waals surface area (Å²) in [5, 5.41) is 2.43. The van der Waals surface area contributed by atoms with Gasteiger partial charge in [-0.05, 0) is 91.9 Å². The number of rotatable bonds is 3. The zero-order valence-electron chi connectivity index (χ0n) is 27.5. The molecule has 0 spiro atoms. The lowest BCUT2D eigenvalue weighted by molar-refractivity contribution is -0.137. The van der Waals surface area contributed by atoms with Crippen LogP contribution in [0, 0.1) is 56.8 Å². The van der Waals surface area contributed by atoms with Gasteiger partial charge >= 0.3 is 6.18 Å². The monoisotopic (exact) mass is 698 g/mol. The maximum absolute atomic E-state index is 15.9. The van der Waals surface area contributed by atoms with E-state index in [4.69, 9.17) is 0 Å². The van der Waals surface area contributed by atoms with Gasteiger partial charge in [-0.2, -0.15) is 13.2 Å². The van der Waals surface area contributed by atoms with Crippen molar-refractivity contribution in [3.63, 3.8) is 0 Å². The van der Waals surface area contributed by atoms with E-state index in [9.17, 15) is 13.2 Å². The summed E-state index contributed by atoms with van der Waals surface area (Å²) >= 11 is 0. The molecule has 2 nitrogen and oxygen atoms in total. The largest absolute Gasteiger partial charge is 0.420 e. The third kappa shape index (κ3) is 4.83. The molecule has 0 amide bonds. The van der Waals surface area contributed by atoms with Gasteiger partial charge in [-0.25, -0.2) is 22.0 Å². The number of alkyl halides is 3. The maximum Gasteiger partial charge on any atom is 0.420 e. The predicted molar refractivity (Wildman–Crippen MR) is 184 cm³/mol. The second-order valence-corrected chi connectivity index (χ2v) is 13.1. The molecule has 0 N–H and O–H groups in total. The summed E-state index contributed by atoms with van der Waals surface area (Å²) in [4.78, 5) is 0. The molecule has 0 aliphatic heterocycles. The van der Waals surface area contributed by atoms with Crippen LogP contribution in [0.5, 0.6) is 0 Å². The van der Waals surface area contributed by atoms with Gasteiger partial charge in [0.2, 0.25) is 5.82 Å². The van der Waals surface area contributed by atoms with Crippen LogP contribution in [0.1, 0.15) is 27.8 Å². The van der Waals surface area contributed by atoms with Gasteiger partial charge in [0.25, 0.3) is 0 Å². The predicted octanol–water partition coefficient (Wildman–Crippen LogP) is 12.5. The van der Waals surface area contributed by atoms with E-state index in [1.807, 2.05) is 24.3 Å². The van der Waals surface area contributed by atoms with Gasteiger partial charge in [0.05, 0.1) is 39.0 Å². The van der Waals surface area contributed by atoms with Crippen LogP contribution in [0.15, 0.2) is 84.9 Å². The maximum atomic E-state index is 15.9. The Labute approximate surface area is 285 Å². The highest BCUT2D eigenvalue weighted by molar-refractivity contribution is 6.11. The van der Waals surface area contributed by atoms with Crippen LogP contribution in [-0.4, -0.2) is 9.13 Å². The molecule has 0 fully saturated rings. The van der Waals surface area contributed by atoms with Crippen LogP contribution in [0.4, 0.5) is 35.1 Å². The Kier molecular flexibility index (Phi) is 7.14. The van der Waals surface area contributed by atoms with Crippen molar-refractivity contribution in [2.75, 3.05) is 0 Å². The van der Waals surface area contributed by atoms with Crippen molar-refractivity contribution in [2.24, 2.45) is 0 Å². The molecule has 0 saturated carbocycles. The lowest BCUT2D eigenvalue weighted by Gasteiger charge is -2.23. The summed E-state index contributed by atoms with van der Waals surface area (Å²) in [7, 11) is 0. The van der Waals surface area contributed by atoms with Crippen LogP contribution < -0.4 is 0 Å². The van der Waals surface area contributed by atoms with E-state index in [2.05, 4.69) is 0 Å². The Morgan fingerprint density at radius 1 is 0.412 bits per heavy atom. The van der Waals surface area contributed by atoms with Gasteiger partial charge in [0.1, 0.15) is 5.56 Å². The number of benzene rings is 6. The Morgan fingerprint density at radius 2 is 0.706 bits per heavy atom. The second-order valence-electron chi connectivity index (χ2n) is 13.1. The van der Waals surface area contributed by atoms with Gasteiger partial charge in [-0.15, -0.1) is 0 Å². The first-order valence-corrected chi connectivity index (χ1v) is 16.0. The third-order valence-corrected chi connectivity index (χ3v) is 9.52. The molecule has 256 valence electrons. The summed E-state index contributed by atoms with van der Waals surface area (Å²) in [6, 6.07) is 22.9. The van der Waals surface area contributed by atoms with Gasteiger partial charge in [-0.3, -0.25) is 0 Å². The SMILES string of the molecule is Cc1ccc2c3ccc(C)cc3n(-c3cc(-c4c(F)c(F)c(F)c(F)c4F)cc(-n4c5cc(C)ccc5c5ccc(C)cc54)c3C(F)(F)F)c2c1. The van der Waals surface area contributed by atoms with Crippen molar-refractivity contribution in [3.05, 3.63) is 142 Å². The Bertz CT molecular complexity index is 2490. The topological polar surface area (TPSA) is 9.86 Å². The number of aromatic nitrogens is 2. The van der Waals surface area contributed by atoms with Gasteiger partial charge in [0, 0.05) is 21.5 Å². The highest BCUT2D eigenvalue weighted by Gasteiger charge is 2.40. The fourth-order valence-corrected chi connectivity index (χ4v) is 7.25. The fourth-order valence-electron chi connectivity index (χ4n) is 7.25. The highest BCUT2D eigenvalue weighted by Crippen LogP contribution is 2.47. The minimum Gasteiger partial charge on any atom is -0.309 e. The molecule has 2 aromatic heterocycles. The molecular formula is C41H26F8N2. The number of fused-ring (bicyclic) bond motifs is 6. The number of hydrogen-bond donors (Lipinski definition) is 0.